The number of aliphatic imine (C=N–C) groups is 1. The Kier molecular flexibility index (Phi) is 7.43. The van der Waals surface area contributed by atoms with Crippen LogP contribution in [0.15, 0.2) is 59.6 Å². The van der Waals surface area contributed by atoms with Crippen molar-refractivity contribution in [2.45, 2.75) is 13.0 Å². The van der Waals surface area contributed by atoms with Gasteiger partial charge in [-0.3, -0.25) is 9.79 Å². The highest BCUT2D eigenvalue weighted by molar-refractivity contribution is 5.80. The number of rotatable bonds is 7. The van der Waals surface area contributed by atoms with Crippen molar-refractivity contribution in [1.29, 1.82) is 0 Å². The molecule has 0 atom stereocenters. The van der Waals surface area contributed by atoms with Crippen molar-refractivity contribution in [2.24, 2.45) is 4.99 Å². The molecule has 0 saturated heterocycles. The lowest BCUT2D eigenvalue weighted by Gasteiger charge is -2.12. The zero-order valence-electron chi connectivity index (χ0n) is 14.3. The third-order valence-corrected chi connectivity index (χ3v) is 3.54. The fraction of sp³-hybridized carbons (Fsp3) is 0.263. The van der Waals surface area contributed by atoms with Crippen molar-refractivity contribution in [3.63, 3.8) is 0 Å². The molecule has 0 fully saturated rings. The van der Waals surface area contributed by atoms with Gasteiger partial charge < -0.3 is 16.0 Å². The highest BCUT2D eigenvalue weighted by Crippen LogP contribution is 2.03. The summed E-state index contributed by atoms with van der Waals surface area (Å²) in [6.07, 6.45) is 0.237. The van der Waals surface area contributed by atoms with Crippen LogP contribution in [0.1, 0.15) is 11.1 Å². The van der Waals surface area contributed by atoms with Gasteiger partial charge in [-0.05, 0) is 23.3 Å². The molecule has 0 bridgehead atoms. The van der Waals surface area contributed by atoms with E-state index in [1.54, 1.807) is 19.2 Å². The number of amides is 1. The lowest BCUT2D eigenvalue weighted by atomic mass is 10.1. The van der Waals surface area contributed by atoms with Crippen LogP contribution in [-0.2, 0) is 17.8 Å². The van der Waals surface area contributed by atoms with E-state index in [2.05, 4.69) is 20.9 Å². The zero-order chi connectivity index (χ0) is 17.9. The van der Waals surface area contributed by atoms with Gasteiger partial charge in [-0.25, -0.2) is 4.39 Å². The normalized spacial score (nSPS) is 11.0. The smallest absolute Gasteiger partial charge is 0.224 e. The Morgan fingerprint density at radius 1 is 0.920 bits per heavy atom. The summed E-state index contributed by atoms with van der Waals surface area (Å²) in [5.41, 5.74) is 1.95. The second-order valence-electron chi connectivity index (χ2n) is 5.49. The van der Waals surface area contributed by atoms with Gasteiger partial charge in [0.05, 0.1) is 6.42 Å². The minimum atomic E-state index is -0.303. The first-order chi connectivity index (χ1) is 12.2. The number of carbonyl (C=O) groups is 1. The van der Waals surface area contributed by atoms with Gasteiger partial charge in [0.15, 0.2) is 5.96 Å². The maximum Gasteiger partial charge on any atom is 0.224 e. The van der Waals surface area contributed by atoms with Crippen LogP contribution in [0, 0.1) is 5.82 Å². The number of guanidine groups is 1. The predicted molar refractivity (Wildman–Crippen MR) is 97.8 cm³/mol. The quantitative estimate of drug-likeness (QED) is 0.409. The largest absolute Gasteiger partial charge is 0.355 e. The number of nitrogens with zero attached hydrogens (tertiary/aromatic N) is 1. The summed E-state index contributed by atoms with van der Waals surface area (Å²) in [7, 11) is 1.70. The molecule has 0 spiro atoms. The maximum atomic E-state index is 12.8. The minimum absolute atomic E-state index is 0.0966. The molecule has 2 aromatic carbocycles. The predicted octanol–water partition coefficient (Wildman–Crippen LogP) is 1.85. The molecule has 25 heavy (non-hydrogen) atoms. The molecular weight excluding hydrogens is 319 g/mol. The third kappa shape index (κ3) is 7.03. The van der Waals surface area contributed by atoms with Crippen LogP contribution in [-0.4, -0.2) is 32.0 Å². The Hall–Kier alpha value is -2.89. The summed E-state index contributed by atoms with van der Waals surface area (Å²) in [5.74, 6) is 0.278. The van der Waals surface area contributed by atoms with Crippen molar-refractivity contribution in [1.82, 2.24) is 16.0 Å². The van der Waals surface area contributed by atoms with Crippen LogP contribution in [0.5, 0.6) is 0 Å². The van der Waals surface area contributed by atoms with Gasteiger partial charge in [0.1, 0.15) is 5.82 Å². The van der Waals surface area contributed by atoms with E-state index in [0.717, 1.165) is 11.1 Å². The van der Waals surface area contributed by atoms with Gasteiger partial charge in [-0.1, -0.05) is 42.5 Å². The van der Waals surface area contributed by atoms with Crippen molar-refractivity contribution in [2.75, 3.05) is 20.1 Å². The number of carbonyl (C=O) groups excluding carboxylic acids is 1. The molecule has 0 aromatic heterocycles. The number of halogens is 1. The molecule has 0 saturated carbocycles. The highest BCUT2D eigenvalue weighted by atomic mass is 19.1. The van der Waals surface area contributed by atoms with E-state index < -0.39 is 0 Å². The monoisotopic (exact) mass is 342 g/mol. The first-order valence-corrected chi connectivity index (χ1v) is 8.17. The van der Waals surface area contributed by atoms with Crippen LogP contribution in [0.4, 0.5) is 4.39 Å². The molecule has 0 radical (unpaired) electrons. The molecule has 132 valence electrons. The second kappa shape index (κ2) is 10.1. The molecule has 0 aliphatic rings. The van der Waals surface area contributed by atoms with Gasteiger partial charge >= 0.3 is 0 Å². The number of benzene rings is 2. The fourth-order valence-corrected chi connectivity index (χ4v) is 2.24. The van der Waals surface area contributed by atoms with Crippen molar-refractivity contribution in [3.8, 4) is 0 Å². The molecule has 0 aliphatic carbocycles. The van der Waals surface area contributed by atoms with Crippen LogP contribution in [0.2, 0.25) is 0 Å². The molecule has 1 amide bonds. The Labute approximate surface area is 147 Å². The van der Waals surface area contributed by atoms with Crippen LogP contribution in [0.25, 0.3) is 0 Å². The Morgan fingerprint density at radius 3 is 2.28 bits per heavy atom. The van der Waals surface area contributed by atoms with Crippen molar-refractivity contribution >= 4 is 11.9 Å². The standard InChI is InChI=1S/C19H23FN4O/c1-21-19(24-14-16-5-3-2-4-6-16)23-12-11-22-18(25)13-15-7-9-17(20)10-8-15/h2-10H,11-14H2,1H3,(H,22,25)(H2,21,23,24). The SMILES string of the molecule is CN=C(NCCNC(=O)Cc1ccc(F)cc1)NCc1ccccc1. The molecule has 5 nitrogen and oxygen atoms in total. The van der Waals surface area contributed by atoms with E-state index in [4.69, 9.17) is 0 Å². The van der Waals surface area contributed by atoms with E-state index >= 15 is 0 Å². The molecule has 0 heterocycles. The first kappa shape index (κ1) is 18.4. The number of hydrogen-bond donors (Lipinski definition) is 3. The summed E-state index contributed by atoms with van der Waals surface area (Å²) in [5, 5.41) is 9.17. The van der Waals surface area contributed by atoms with E-state index in [-0.39, 0.29) is 18.1 Å². The molecule has 2 aromatic rings. The van der Waals surface area contributed by atoms with Crippen molar-refractivity contribution in [3.05, 3.63) is 71.5 Å². The molecule has 2 rings (SSSR count). The van der Waals surface area contributed by atoms with Crippen molar-refractivity contribution < 1.29 is 9.18 Å². The second-order valence-corrected chi connectivity index (χ2v) is 5.49. The van der Waals surface area contributed by atoms with Gasteiger partial charge in [-0.2, -0.15) is 0 Å². The zero-order valence-corrected chi connectivity index (χ0v) is 14.3. The molecule has 6 heteroatoms. The lowest BCUT2D eigenvalue weighted by molar-refractivity contribution is -0.120. The van der Waals surface area contributed by atoms with E-state index in [1.165, 1.54) is 12.1 Å². The number of nitrogens with one attached hydrogen (secondary N) is 3. The van der Waals surface area contributed by atoms with Gasteiger partial charge in [0.2, 0.25) is 5.91 Å². The summed E-state index contributed by atoms with van der Waals surface area (Å²) in [6.45, 7) is 1.72. The van der Waals surface area contributed by atoms with E-state index in [0.29, 0.717) is 25.6 Å². The lowest BCUT2D eigenvalue weighted by Crippen LogP contribution is -2.41. The molecule has 0 unspecified atom stereocenters. The van der Waals surface area contributed by atoms with Gasteiger partial charge in [-0.15, -0.1) is 0 Å². The number of hydrogen-bond acceptors (Lipinski definition) is 2. The van der Waals surface area contributed by atoms with E-state index in [1.807, 2.05) is 30.3 Å². The average Bonchev–Trinajstić information content (AvgIpc) is 2.64. The summed E-state index contributed by atoms with van der Waals surface area (Å²) >= 11 is 0. The Morgan fingerprint density at radius 2 is 1.60 bits per heavy atom. The third-order valence-electron chi connectivity index (χ3n) is 3.54. The molecular formula is C19H23FN4O. The Bertz CT molecular complexity index is 686. The molecule has 3 N–H and O–H groups in total. The summed E-state index contributed by atoms with van der Waals surface area (Å²) < 4.78 is 12.8. The average molecular weight is 342 g/mol. The minimum Gasteiger partial charge on any atom is -0.355 e. The maximum absolute atomic E-state index is 12.8. The first-order valence-electron chi connectivity index (χ1n) is 8.17. The van der Waals surface area contributed by atoms with Crippen LogP contribution < -0.4 is 16.0 Å². The fourth-order valence-electron chi connectivity index (χ4n) is 2.24. The summed E-state index contributed by atoms with van der Waals surface area (Å²) in [4.78, 5) is 16.0. The highest BCUT2D eigenvalue weighted by Gasteiger charge is 2.03. The Balaban J connectivity index is 1.63. The van der Waals surface area contributed by atoms with Gasteiger partial charge in [0, 0.05) is 26.7 Å². The van der Waals surface area contributed by atoms with Crippen LogP contribution >= 0.6 is 0 Å². The molecule has 0 aliphatic heterocycles. The van der Waals surface area contributed by atoms with Crippen LogP contribution in [0.3, 0.4) is 0 Å². The van der Waals surface area contributed by atoms with Gasteiger partial charge in [0.25, 0.3) is 0 Å². The summed E-state index contributed by atoms with van der Waals surface area (Å²) in [6, 6.07) is 16.0. The van der Waals surface area contributed by atoms with E-state index in [9.17, 15) is 9.18 Å². The topological polar surface area (TPSA) is 65.5 Å².